The summed E-state index contributed by atoms with van der Waals surface area (Å²) >= 11 is 1.65. The second-order valence-electron chi connectivity index (χ2n) is 10.3. The molecular weight excluding hydrogens is 426 g/mol. The number of nitrogens with zero attached hydrogens (tertiary/aromatic N) is 1. The Morgan fingerprint density at radius 1 is 1.22 bits per heavy atom. The lowest BCUT2D eigenvalue weighted by Crippen LogP contribution is -2.59. The maximum Gasteiger partial charge on any atom is 0.244 e. The van der Waals surface area contributed by atoms with Gasteiger partial charge in [0, 0.05) is 23.9 Å². The third-order valence-corrected chi connectivity index (χ3v) is 9.02. The predicted octanol–water partition coefficient (Wildman–Crippen LogP) is 1.55. The van der Waals surface area contributed by atoms with E-state index in [1.165, 1.54) is 4.90 Å². The van der Waals surface area contributed by atoms with E-state index in [0.717, 1.165) is 12.0 Å². The van der Waals surface area contributed by atoms with Crippen molar-refractivity contribution in [3.8, 4) is 0 Å². The minimum atomic E-state index is -0.691. The molecule has 2 bridgehead atoms. The van der Waals surface area contributed by atoms with Gasteiger partial charge in [0.05, 0.1) is 23.2 Å². The molecule has 0 saturated carbocycles. The summed E-state index contributed by atoms with van der Waals surface area (Å²) in [6.45, 7) is 8.11. The lowest BCUT2D eigenvalue weighted by atomic mass is 9.65. The second kappa shape index (κ2) is 8.37. The van der Waals surface area contributed by atoms with E-state index in [9.17, 15) is 19.5 Å². The van der Waals surface area contributed by atoms with Crippen molar-refractivity contribution in [1.82, 2.24) is 15.5 Å². The van der Waals surface area contributed by atoms with Crippen LogP contribution in [0.5, 0.6) is 0 Å². The zero-order valence-corrected chi connectivity index (χ0v) is 19.9. The highest BCUT2D eigenvalue weighted by atomic mass is 32.2. The number of fused-ring (bicyclic) bond motifs is 1. The smallest absolute Gasteiger partial charge is 0.244 e. The number of aliphatic hydroxyl groups excluding tert-OH is 1. The van der Waals surface area contributed by atoms with Crippen LogP contribution in [0.25, 0.3) is 0 Å². The zero-order chi connectivity index (χ0) is 23.3. The Labute approximate surface area is 193 Å². The van der Waals surface area contributed by atoms with E-state index in [4.69, 9.17) is 0 Å². The molecule has 0 aromatic heterocycles. The number of amides is 3. The molecule has 4 rings (SSSR count). The van der Waals surface area contributed by atoms with Gasteiger partial charge in [-0.3, -0.25) is 14.4 Å². The van der Waals surface area contributed by atoms with Crippen LogP contribution in [0, 0.1) is 17.8 Å². The molecule has 3 unspecified atom stereocenters. The molecule has 3 aliphatic heterocycles. The van der Waals surface area contributed by atoms with E-state index in [1.54, 1.807) is 11.8 Å². The van der Waals surface area contributed by atoms with Gasteiger partial charge in [0.1, 0.15) is 6.04 Å². The van der Waals surface area contributed by atoms with E-state index in [2.05, 4.69) is 17.6 Å². The van der Waals surface area contributed by atoms with Gasteiger partial charge >= 0.3 is 0 Å². The minimum absolute atomic E-state index is 0.0101. The standard InChI is InChI=1S/C24H33N3O4S/c1-14-12-16-17(20(29)25-13-15-8-6-5-7-9-15)18-22(31)27(10-11-28)19(24(14,18)32-16)21(30)26-23(2,3)4/h5-9,14,16-19,28H,10-13H2,1-4H3,(H,25,29)(H,26,30)/t14?,16-,17+,18-,19?,24?/m0/s1. The van der Waals surface area contributed by atoms with Crippen molar-refractivity contribution < 1.29 is 19.5 Å². The summed E-state index contributed by atoms with van der Waals surface area (Å²) in [6.07, 6.45) is 0.796. The molecular formula is C24H33N3O4S. The highest BCUT2D eigenvalue weighted by molar-refractivity contribution is 8.02. The Morgan fingerprint density at radius 3 is 2.53 bits per heavy atom. The number of carbonyl (C=O) groups excluding carboxylic acids is 3. The molecule has 3 saturated heterocycles. The minimum Gasteiger partial charge on any atom is -0.395 e. The lowest BCUT2D eigenvalue weighted by molar-refractivity contribution is -0.140. The first-order valence-electron chi connectivity index (χ1n) is 11.3. The van der Waals surface area contributed by atoms with Crippen molar-refractivity contribution in [2.75, 3.05) is 13.2 Å². The molecule has 3 amide bonds. The van der Waals surface area contributed by atoms with Gasteiger partial charge in [-0.1, -0.05) is 37.3 Å². The van der Waals surface area contributed by atoms with Crippen LogP contribution in [0.1, 0.15) is 39.7 Å². The average molecular weight is 460 g/mol. The first-order chi connectivity index (χ1) is 15.1. The third kappa shape index (κ3) is 3.71. The Bertz CT molecular complexity index is 902. The van der Waals surface area contributed by atoms with Crippen LogP contribution in [0.3, 0.4) is 0 Å². The Kier molecular flexibility index (Phi) is 6.05. The molecule has 3 aliphatic rings. The molecule has 1 spiro atoms. The number of benzene rings is 1. The zero-order valence-electron chi connectivity index (χ0n) is 19.1. The largest absolute Gasteiger partial charge is 0.395 e. The van der Waals surface area contributed by atoms with Gasteiger partial charge < -0.3 is 20.6 Å². The van der Waals surface area contributed by atoms with Crippen molar-refractivity contribution in [2.45, 2.75) is 62.2 Å². The quantitative estimate of drug-likeness (QED) is 0.600. The van der Waals surface area contributed by atoms with Gasteiger partial charge in [-0.2, -0.15) is 0 Å². The number of β-amino-alcohol motifs (C(OH)–C–C–N with tert-alkyl or cyclic N) is 1. The molecule has 3 heterocycles. The van der Waals surface area contributed by atoms with E-state index in [1.807, 2.05) is 51.1 Å². The monoisotopic (exact) mass is 459 g/mol. The molecule has 3 fully saturated rings. The summed E-state index contributed by atoms with van der Waals surface area (Å²) in [5.41, 5.74) is 0.554. The fraction of sp³-hybridized carbons (Fsp3) is 0.625. The van der Waals surface area contributed by atoms with Crippen molar-refractivity contribution in [3.05, 3.63) is 35.9 Å². The maximum absolute atomic E-state index is 13.6. The summed E-state index contributed by atoms with van der Waals surface area (Å²) in [5, 5.41) is 15.7. The van der Waals surface area contributed by atoms with Crippen LogP contribution in [0.4, 0.5) is 0 Å². The Hall–Kier alpha value is -2.06. The molecule has 0 radical (unpaired) electrons. The van der Waals surface area contributed by atoms with Gasteiger partial charge in [0.15, 0.2) is 0 Å². The number of thioether (sulfide) groups is 1. The Balaban J connectivity index is 1.64. The summed E-state index contributed by atoms with van der Waals surface area (Å²) in [4.78, 5) is 41.9. The molecule has 1 aromatic carbocycles. The average Bonchev–Trinajstić information content (AvgIpc) is 3.30. The van der Waals surface area contributed by atoms with E-state index < -0.39 is 28.2 Å². The van der Waals surface area contributed by atoms with Gasteiger partial charge in [0.25, 0.3) is 0 Å². The van der Waals surface area contributed by atoms with Gasteiger partial charge in [-0.05, 0) is 38.7 Å². The summed E-state index contributed by atoms with van der Waals surface area (Å²) in [5.74, 6) is -1.43. The van der Waals surface area contributed by atoms with E-state index >= 15 is 0 Å². The first kappa shape index (κ1) is 23.1. The normalized spacial score (nSPS) is 33.3. The molecule has 3 N–H and O–H groups in total. The fourth-order valence-electron chi connectivity index (χ4n) is 5.81. The molecule has 7 nitrogen and oxygen atoms in total. The number of hydrogen-bond acceptors (Lipinski definition) is 5. The third-order valence-electron chi connectivity index (χ3n) is 6.95. The van der Waals surface area contributed by atoms with Gasteiger partial charge in [-0.15, -0.1) is 11.8 Å². The molecule has 174 valence electrons. The van der Waals surface area contributed by atoms with Crippen molar-refractivity contribution >= 4 is 29.5 Å². The second-order valence-corrected chi connectivity index (χ2v) is 11.8. The van der Waals surface area contributed by atoms with Gasteiger partial charge in [0.2, 0.25) is 17.7 Å². The van der Waals surface area contributed by atoms with E-state index in [0.29, 0.717) is 6.54 Å². The SMILES string of the molecule is CC1C[C@@H]2SC13C(C(=O)NC(C)(C)C)N(CCO)C(=O)[C@@H]3[C@@H]2C(=O)NCc1ccccc1. The summed E-state index contributed by atoms with van der Waals surface area (Å²) < 4.78 is -0.652. The number of rotatable bonds is 6. The van der Waals surface area contributed by atoms with Crippen LogP contribution < -0.4 is 10.6 Å². The highest BCUT2D eigenvalue weighted by Crippen LogP contribution is 2.68. The van der Waals surface area contributed by atoms with Gasteiger partial charge in [-0.25, -0.2) is 0 Å². The fourth-order valence-corrected chi connectivity index (χ4v) is 8.23. The first-order valence-corrected chi connectivity index (χ1v) is 12.2. The maximum atomic E-state index is 13.6. The topological polar surface area (TPSA) is 98.7 Å². The van der Waals surface area contributed by atoms with Crippen LogP contribution in [-0.2, 0) is 20.9 Å². The summed E-state index contributed by atoms with van der Waals surface area (Å²) in [6, 6.07) is 9.00. The van der Waals surface area contributed by atoms with Crippen LogP contribution in [-0.4, -0.2) is 62.5 Å². The number of aliphatic hydroxyl groups is 1. The van der Waals surface area contributed by atoms with Crippen molar-refractivity contribution in [2.24, 2.45) is 17.8 Å². The van der Waals surface area contributed by atoms with Crippen LogP contribution in [0.15, 0.2) is 30.3 Å². The predicted molar refractivity (Wildman–Crippen MR) is 124 cm³/mol. The molecule has 32 heavy (non-hydrogen) atoms. The number of likely N-dealkylation sites (tertiary alicyclic amines) is 1. The molecule has 8 heteroatoms. The van der Waals surface area contributed by atoms with Crippen molar-refractivity contribution in [1.29, 1.82) is 0 Å². The highest BCUT2D eigenvalue weighted by Gasteiger charge is 2.75. The van der Waals surface area contributed by atoms with Crippen LogP contribution in [0.2, 0.25) is 0 Å². The molecule has 0 aliphatic carbocycles. The molecule has 6 atom stereocenters. The van der Waals surface area contributed by atoms with Crippen LogP contribution >= 0.6 is 11.8 Å². The van der Waals surface area contributed by atoms with E-state index in [-0.39, 0.29) is 42.0 Å². The number of hydrogen-bond donors (Lipinski definition) is 3. The number of nitrogens with one attached hydrogen (secondary N) is 2. The lowest BCUT2D eigenvalue weighted by Gasteiger charge is -2.39. The van der Waals surface area contributed by atoms with Crippen molar-refractivity contribution in [3.63, 3.8) is 0 Å². The molecule has 1 aromatic rings. The Morgan fingerprint density at radius 2 is 1.91 bits per heavy atom. The summed E-state index contributed by atoms with van der Waals surface area (Å²) in [7, 11) is 0. The number of carbonyl (C=O) groups is 3.